The van der Waals surface area contributed by atoms with Crippen molar-refractivity contribution in [3.63, 3.8) is 0 Å². The summed E-state index contributed by atoms with van der Waals surface area (Å²) in [4.78, 5) is 12.3. The topological polar surface area (TPSA) is 56.8 Å². The Bertz CT molecular complexity index is 737. The molecule has 24 heavy (non-hydrogen) atoms. The first-order valence-electron chi connectivity index (χ1n) is 6.72. The third-order valence-corrected chi connectivity index (χ3v) is 3.04. The van der Waals surface area contributed by atoms with Crippen LogP contribution in [0.3, 0.4) is 0 Å². The van der Waals surface area contributed by atoms with Gasteiger partial charge in [0.25, 0.3) is 5.91 Å². The van der Waals surface area contributed by atoms with Gasteiger partial charge in [-0.1, -0.05) is 0 Å². The normalized spacial score (nSPS) is 10.4. The molecule has 0 unspecified atom stereocenters. The highest BCUT2D eigenvalue weighted by atomic mass is 19.3. The van der Waals surface area contributed by atoms with E-state index in [1.54, 1.807) is 0 Å². The molecule has 2 aromatic carbocycles. The van der Waals surface area contributed by atoms with E-state index in [0.717, 1.165) is 12.1 Å². The average Bonchev–Trinajstić information content (AvgIpc) is 2.54. The van der Waals surface area contributed by atoms with E-state index >= 15 is 0 Å². The number of hydrogen-bond donors (Lipinski definition) is 1. The van der Waals surface area contributed by atoms with Crippen LogP contribution >= 0.6 is 0 Å². The zero-order valence-corrected chi connectivity index (χ0v) is 12.8. The summed E-state index contributed by atoms with van der Waals surface area (Å²) < 4.78 is 52.4. The van der Waals surface area contributed by atoms with Crippen LogP contribution in [0.25, 0.3) is 0 Å². The summed E-state index contributed by atoms with van der Waals surface area (Å²) in [7, 11) is 2.63. The summed E-state index contributed by atoms with van der Waals surface area (Å²) in [6.07, 6.45) is 0. The van der Waals surface area contributed by atoms with Crippen LogP contribution < -0.4 is 19.5 Å². The van der Waals surface area contributed by atoms with Crippen LogP contribution in [0.2, 0.25) is 0 Å². The van der Waals surface area contributed by atoms with E-state index in [1.807, 2.05) is 0 Å². The molecule has 0 saturated heterocycles. The Morgan fingerprint density at radius 2 is 1.67 bits per heavy atom. The average molecular weight is 341 g/mol. The van der Waals surface area contributed by atoms with Gasteiger partial charge < -0.3 is 19.5 Å². The van der Waals surface area contributed by atoms with E-state index in [1.165, 1.54) is 38.5 Å². The zero-order valence-electron chi connectivity index (χ0n) is 12.8. The van der Waals surface area contributed by atoms with Crippen LogP contribution in [0.15, 0.2) is 36.4 Å². The number of carbonyl (C=O) groups excluding carboxylic acids is 1. The molecule has 0 spiro atoms. The minimum atomic E-state index is -3.05. The van der Waals surface area contributed by atoms with Gasteiger partial charge in [-0.2, -0.15) is 8.78 Å². The number of anilines is 1. The fraction of sp³-hybridized carbons (Fsp3) is 0.188. The molecule has 128 valence electrons. The van der Waals surface area contributed by atoms with E-state index < -0.39 is 18.3 Å². The molecular weight excluding hydrogens is 327 g/mol. The van der Waals surface area contributed by atoms with Crippen molar-refractivity contribution >= 4 is 11.6 Å². The Morgan fingerprint density at radius 3 is 2.29 bits per heavy atom. The Hall–Kier alpha value is -2.90. The molecule has 0 aliphatic heterocycles. The maximum absolute atomic E-state index is 13.3. The fourth-order valence-corrected chi connectivity index (χ4v) is 2.00. The molecule has 1 amide bonds. The lowest BCUT2D eigenvalue weighted by Crippen LogP contribution is -2.14. The summed E-state index contributed by atoms with van der Waals surface area (Å²) in [6, 6.07) is 7.43. The van der Waals surface area contributed by atoms with Crippen LogP contribution in [0, 0.1) is 5.82 Å². The smallest absolute Gasteiger partial charge is 0.387 e. The van der Waals surface area contributed by atoms with Gasteiger partial charge in [0.05, 0.1) is 19.8 Å². The van der Waals surface area contributed by atoms with Crippen LogP contribution in [-0.2, 0) is 0 Å². The lowest BCUT2D eigenvalue weighted by molar-refractivity contribution is -0.0511. The highest BCUT2D eigenvalue weighted by Crippen LogP contribution is 2.32. The minimum Gasteiger partial charge on any atom is -0.496 e. The lowest BCUT2D eigenvalue weighted by atomic mass is 10.1. The Kier molecular flexibility index (Phi) is 5.51. The molecule has 2 aromatic rings. The molecule has 0 heterocycles. The molecular formula is C16H14F3NO4. The summed E-state index contributed by atoms with van der Waals surface area (Å²) in [6.45, 7) is -3.05. The molecule has 1 N–H and O–H groups in total. The number of methoxy groups -OCH3 is 2. The Balaban J connectivity index is 2.27. The number of ether oxygens (including phenoxy) is 3. The van der Waals surface area contributed by atoms with Crippen molar-refractivity contribution in [2.45, 2.75) is 6.61 Å². The molecule has 0 atom stereocenters. The first-order valence-corrected chi connectivity index (χ1v) is 6.72. The van der Waals surface area contributed by atoms with Gasteiger partial charge >= 0.3 is 6.61 Å². The van der Waals surface area contributed by atoms with Gasteiger partial charge in [-0.15, -0.1) is 0 Å². The number of alkyl halides is 2. The van der Waals surface area contributed by atoms with Crippen molar-refractivity contribution in [1.82, 2.24) is 0 Å². The van der Waals surface area contributed by atoms with E-state index in [-0.39, 0.29) is 28.5 Å². The molecule has 0 saturated carbocycles. The highest BCUT2D eigenvalue weighted by molar-refractivity contribution is 6.06. The maximum atomic E-state index is 13.3. The number of nitrogens with one attached hydrogen (secondary N) is 1. The number of rotatable bonds is 6. The third kappa shape index (κ3) is 4.09. The summed E-state index contributed by atoms with van der Waals surface area (Å²) in [5, 5.41) is 2.46. The van der Waals surface area contributed by atoms with Crippen LogP contribution in [-0.4, -0.2) is 26.7 Å². The van der Waals surface area contributed by atoms with Gasteiger partial charge in [-0.3, -0.25) is 4.79 Å². The van der Waals surface area contributed by atoms with Gasteiger partial charge in [0, 0.05) is 11.8 Å². The Labute approximate surface area is 135 Å². The fourth-order valence-electron chi connectivity index (χ4n) is 2.00. The monoisotopic (exact) mass is 341 g/mol. The molecule has 0 aliphatic carbocycles. The van der Waals surface area contributed by atoms with Gasteiger partial charge in [0.1, 0.15) is 11.6 Å². The van der Waals surface area contributed by atoms with Gasteiger partial charge in [-0.25, -0.2) is 4.39 Å². The maximum Gasteiger partial charge on any atom is 0.387 e. The highest BCUT2D eigenvalue weighted by Gasteiger charge is 2.16. The second kappa shape index (κ2) is 7.58. The van der Waals surface area contributed by atoms with E-state index in [2.05, 4.69) is 10.1 Å². The molecule has 2 rings (SSSR count). The molecule has 0 aromatic heterocycles. The largest absolute Gasteiger partial charge is 0.496 e. The summed E-state index contributed by atoms with van der Waals surface area (Å²) in [5.41, 5.74) is 0.132. The van der Waals surface area contributed by atoms with Crippen molar-refractivity contribution in [3.8, 4) is 17.2 Å². The summed E-state index contributed by atoms with van der Waals surface area (Å²) >= 11 is 0. The van der Waals surface area contributed by atoms with Gasteiger partial charge in [-0.05, 0) is 30.3 Å². The van der Waals surface area contributed by atoms with E-state index in [9.17, 15) is 18.0 Å². The molecule has 0 fully saturated rings. The molecule has 5 nitrogen and oxygen atoms in total. The molecule has 0 bridgehead atoms. The van der Waals surface area contributed by atoms with Crippen molar-refractivity contribution in [3.05, 3.63) is 47.8 Å². The molecule has 0 aliphatic rings. The molecule has 0 radical (unpaired) electrons. The number of carbonyl (C=O) groups is 1. The zero-order chi connectivity index (χ0) is 17.7. The van der Waals surface area contributed by atoms with Crippen LogP contribution in [0.4, 0.5) is 18.9 Å². The van der Waals surface area contributed by atoms with Crippen molar-refractivity contribution in [2.24, 2.45) is 0 Å². The number of benzene rings is 2. The molecule has 8 heteroatoms. The second-order valence-corrected chi connectivity index (χ2v) is 4.54. The van der Waals surface area contributed by atoms with E-state index in [4.69, 9.17) is 9.47 Å². The second-order valence-electron chi connectivity index (χ2n) is 4.54. The van der Waals surface area contributed by atoms with Crippen LogP contribution in [0.5, 0.6) is 17.2 Å². The first kappa shape index (κ1) is 17.5. The lowest BCUT2D eigenvalue weighted by Gasteiger charge is -2.13. The van der Waals surface area contributed by atoms with Gasteiger partial charge in [0.15, 0.2) is 11.5 Å². The number of hydrogen-bond acceptors (Lipinski definition) is 4. The minimum absolute atomic E-state index is 0.0374. The summed E-state index contributed by atoms with van der Waals surface area (Å²) in [5.74, 6) is -1.27. The first-order chi connectivity index (χ1) is 11.4. The standard InChI is InChI=1S/C16H14F3NO4/c1-22-12-5-3-9(17)7-11(12)15(21)20-10-4-6-13(23-2)14(8-10)24-16(18)19/h3-8,16H,1-2H3,(H,20,21). The number of amides is 1. The number of halogens is 3. The Morgan fingerprint density at radius 1 is 1.00 bits per heavy atom. The third-order valence-electron chi connectivity index (χ3n) is 3.04. The quantitative estimate of drug-likeness (QED) is 0.870. The van der Waals surface area contributed by atoms with E-state index in [0.29, 0.717) is 0 Å². The van der Waals surface area contributed by atoms with Crippen molar-refractivity contribution in [2.75, 3.05) is 19.5 Å². The van der Waals surface area contributed by atoms with Crippen molar-refractivity contribution < 1.29 is 32.2 Å². The van der Waals surface area contributed by atoms with Gasteiger partial charge in [0.2, 0.25) is 0 Å². The predicted octanol–water partition coefficient (Wildman–Crippen LogP) is 3.70. The van der Waals surface area contributed by atoms with Crippen molar-refractivity contribution in [1.29, 1.82) is 0 Å². The van der Waals surface area contributed by atoms with Crippen LogP contribution in [0.1, 0.15) is 10.4 Å². The predicted molar refractivity (Wildman–Crippen MR) is 80.5 cm³/mol. The SMILES string of the molecule is COc1ccc(NC(=O)c2cc(F)ccc2OC)cc1OC(F)F.